The summed E-state index contributed by atoms with van der Waals surface area (Å²) in [5, 5.41) is 0. The molecule has 0 amide bonds. The van der Waals surface area contributed by atoms with Gasteiger partial charge in [0.05, 0.1) is 11.5 Å². The summed E-state index contributed by atoms with van der Waals surface area (Å²) in [4.78, 5) is 2.11. The molecule has 1 aliphatic heterocycles. The van der Waals surface area contributed by atoms with Crippen LogP contribution in [-0.4, -0.2) is 38.4 Å². The lowest BCUT2D eigenvalue weighted by molar-refractivity contribution is 0.266. The summed E-state index contributed by atoms with van der Waals surface area (Å²) in [6.07, 6.45) is 0. The van der Waals surface area contributed by atoms with Gasteiger partial charge in [0.15, 0.2) is 9.84 Å². The minimum Gasteiger partial charge on any atom is -0.297 e. The molecule has 1 aromatic carbocycles. The second-order valence-electron chi connectivity index (χ2n) is 4.02. The Labute approximate surface area is 104 Å². The molecule has 1 fully saturated rings. The molecule has 1 unspecified atom stereocenters. The standard InChI is InChI=1S/C11H15NO2S.C2H6/c1-12-7-8-15(13,14)9-11(12)10-5-3-2-4-6-10;1-2/h2-6,11H,7-9H2,1H3;1-2H3. The van der Waals surface area contributed by atoms with Gasteiger partial charge in [-0.1, -0.05) is 44.2 Å². The van der Waals surface area contributed by atoms with Crippen LogP contribution in [0.1, 0.15) is 25.5 Å². The predicted octanol–water partition coefficient (Wildman–Crippen LogP) is 2.11. The molecular weight excluding hydrogens is 234 g/mol. The quantitative estimate of drug-likeness (QED) is 0.771. The SMILES string of the molecule is CC.CN1CCS(=O)(=O)CC1c1ccccc1. The predicted molar refractivity (Wildman–Crippen MR) is 71.8 cm³/mol. The van der Waals surface area contributed by atoms with E-state index in [-0.39, 0.29) is 17.5 Å². The van der Waals surface area contributed by atoms with Crippen LogP contribution in [0.3, 0.4) is 0 Å². The lowest BCUT2D eigenvalue weighted by Crippen LogP contribution is -2.40. The minimum atomic E-state index is -2.85. The third kappa shape index (κ3) is 3.82. The molecule has 96 valence electrons. The van der Waals surface area contributed by atoms with Crippen molar-refractivity contribution in [2.24, 2.45) is 0 Å². The van der Waals surface area contributed by atoms with Crippen molar-refractivity contribution in [3.8, 4) is 0 Å². The molecule has 0 N–H and O–H groups in total. The topological polar surface area (TPSA) is 37.4 Å². The van der Waals surface area contributed by atoms with E-state index in [1.54, 1.807) is 0 Å². The maximum atomic E-state index is 11.6. The van der Waals surface area contributed by atoms with E-state index >= 15 is 0 Å². The van der Waals surface area contributed by atoms with E-state index < -0.39 is 9.84 Å². The van der Waals surface area contributed by atoms with Crippen molar-refractivity contribution in [1.29, 1.82) is 0 Å². The van der Waals surface area contributed by atoms with E-state index in [1.165, 1.54) is 0 Å². The van der Waals surface area contributed by atoms with E-state index in [9.17, 15) is 8.42 Å². The van der Waals surface area contributed by atoms with Crippen molar-refractivity contribution in [3.05, 3.63) is 35.9 Å². The second kappa shape index (κ2) is 6.17. The molecule has 0 saturated carbocycles. The molecule has 0 aliphatic carbocycles. The van der Waals surface area contributed by atoms with Gasteiger partial charge in [-0.05, 0) is 12.6 Å². The van der Waals surface area contributed by atoms with E-state index in [4.69, 9.17) is 0 Å². The largest absolute Gasteiger partial charge is 0.297 e. The van der Waals surface area contributed by atoms with Crippen LogP contribution in [0.5, 0.6) is 0 Å². The van der Waals surface area contributed by atoms with Crippen LogP contribution >= 0.6 is 0 Å². The fraction of sp³-hybridized carbons (Fsp3) is 0.538. The van der Waals surface area contributed by atoms with Gasteiger partial charge in [-0.15, -0.1) is 0 Å². The fourth-order valence-electron chi connectivity index (χ4n) is 1.92. The van der Waals surface area contributed by atoms with Crippen molar-refractivity contribution in [2.45, 2.75) is 19.9 Å². The second-order valence-corrected chi connectivity index (χ2v) is 6.25. The summed E-state index contributed by atoms with van der Waals surface area (Å²) in [5.74, 6) is 0.528. The summed E-state index contributed by atoms with van der Waals surface area (Å²) in [6, 6.07) is 9.84. The number of hydrogen-bond acceptors (Lipinski definition) is 3. The van der Waals surface area contributed by atoms with E-state index in [0.29, 0.717) is 6.54 Å². The molecule has 0 radical (unpaired) electrons. The minimum absolute atomic E-state index is 0.0185. The summed E-state index contributed by atoms with van der Waals surface area (Å²) in [7, 11) is -0.876. The number of benzene rings is 1. The highest BCUT2D eigenvalue weighted by molar-refractivity contribution is 7.91. The molecule has 0 bridgehead atoms. The average molecular weight is 255 g/mol. The lowest BCUT2D eigenvalue weighted by Gasteiger charge is -2.32. The molecule has 4 heteroatoms. The molecule has 3 nitrogen and oxygen atoms in total. The molecule has 1 saturated heterocycles. The first-order chi connectivity index (χ1) is 8.08. The highest BCUT2D eigenvalue weighted by atomic mass is 32.2. The van der Waals surface area contributed by atoms with Crippen molar-refractivity contribution >= 4 is 9.84 Å². The van der Waals surface area contributed by atoms with Crippen molar-refractivity contribution in [2.75, 3.05) is 25.1 Å². The maximum Gasteiger partial charge on any atom is 0.153 e. The van der Waals surface area contributed by atoms with Gasteiger partial charge in [0, 0.05) is 12.6 Å². The summed E-state index contributed by atoms with van der Waals surface area (Å²) < 4.78 is 23.1. The van der Waals surface area contributed by atoms with Crippen LogP contribution in [0.4, 0.5) is 0 Å². The molecule has 0 spiro atoms. The third-order valence-electron chi connectivity index (χ3n) is 2.88. The zero-order chi connectivity index (χ0) is 12.9. The van der Waals surface area contributed by atoms with Crippen molar-refractivity contribution in [3.63, 3.8) is 0 Å². The van der Waals surface area contributed by atoms with Gasteiger partial charge in [0.2, 0.25) is 0 Å². The van der Waals surface area contributed by atoms with Crippen LogP contribution in [-0.2, 0) is 9.84 Å². The molecule has 1 heterocycles. The summed E-state index contributed by atoms with van der Waals surface area (Å²) in [5.41, 5.74) is 1.09. The van der Waals surface area contributed by atoms with Crippen LogP contribution in [0.2, 0.25) is 0 Å². The Hall–Kier alpha value is -0.870. The first kappa shape index (κ1) is 14.2. The molecule has 0 aromatic heterocycles. The van der Waals surface area contributed by atoms with Gasteiger partial charge < -0.3 is 0 Å². The van der Waals surface area contributed by atoms with E-state index in [2.05, 4.69) is 4.90 Å². The molecular formula is C13H21NO2S. The summed E-state index contributed by atoms with van der Waals surface area (Å²) >= 11 is 0. The number of sulfone groups is 1. The van der Waals surface area contributed by atoms with Crippen LogP contribution in [0.25, 0.3) is 0 Å². The number of hydrogen-bond donors (Lipinski definition) is 0. The smallest absolute Gasteiger partial charge is 0.153 e. The lowest BCUT2D eigenvalue weighted by atomic mass is 10.1. The monoisotopic (exact) mass is 255 g/mol. The number of nitrogens with zero attached hydrogens (tertiary/aromatic N) is 1. The zero-order valence-electron chi connectivity index (χ0n) is 10.8. The van der Waals surface area contributed by atoms with Crippen LogP contribution in [0.15, 0.2) is 30.3 Å². The molecule has 1 aromatic rings. The first-order valence-electron chi connectivity index (χ1n) is 6.04. The van der Waals surface area contributed by atoms with Gasteiger partial charge in [-0.2, -0.15) is 0 Å². The average Bonchev–Trinajstić information content (AvgIpc) is 2.36. The van der Waals surface area contributed by atoms with Gasteiger partial charge in [-0.3, -0.25) is 4.90 Å². The molecule has 1 aliphatic rings. The van der Waals surface area contributed by atoms with Gasteiger partial charge in [-0.25, -0.2) is 8.42 Å². The Bertz CT molecular complexity index is 428. The van der Waals surface area contributed by atoms with Crippen LogP contribution < -0.4 is 0 Å². The Morgan fingerprint density at radius 3 is 2.35 bits per heavy atom. The van der Waals surface area contributed by atoms with Crippen molar-refractivity contribution in [1.82, 2.24) is 4.90 Å². The Kier molecular flexibility index (Phi) is 5.15. The molecule has 2 rings (SSSR count). The fourth-order valence-corrected chi connectivity index (χ4v) is 3.58. The number of rotatable bonds is 1. The molecule has 1 atom stereocenters. The Balaban J connectivity index is 0.000000686. The third-order valence-corrected chi connectivity index (χ3v) is 4.51. The van der Waals surface area contributed by atoms with E-state index in [0.717, 1.165) is 5.56 Å². The Morgan fingerprint density at radius 2 is 1.76 bits per heavy atom. The normalized spacial score (nSPS) is 23.6. The maximum absolute atomic E-state index is 11.6. The highest BCUT2D eigenvalue weighted by Gasteiger charge is 2.29. The molecule has 17 heavy (non-hydrogen) atoms. The van der Waals surface area contributed by atoms with Gasteiger partial charge >= 0.3 is 0 Å². The van der Waals surface area contributed by atoms with Gasteiger partial charge in [0.25, 0.3) is 0 Å². The first-order valence-corrected chi connectivity index (χ1v) is 7.86. The Morgan fingerprint density at radius 1 is 1.18 bits per heavy atom. The highest BCUT2D eigenvalue weighted by Crippen LogP contribution is 2.24. The van der Waals surface area contributed by atoms with E-state index in [1.807, 2.05) is 51.2 Å². The zero-order valence-corrected chi connectivity index (χ0v) is 11.6. The van der Waals surface area contributed by atoms with Gasteiger partial charge in [0.1, 0.15) is 0 Å². The summed E-state index contributed by atoms with van der Waals surface area (Å²) in [6.45, 7) is 4.63. The van der Waals surface area contributed by atoms with Crippen LogP contribution in [0, 0.1) is 0 Å². The van der Waals surface area contributed by atoms with Crippen molar-refractivity contribution < 1.29 is 8.42 Å².